The van der Waals surface area contributed by atoms with Gasteiger partial charge in [-0.1, -0.05) is 30.4 Å². The van der Waals surface area contributed by atoms with Crippen LogP contribution in [0.25, 0.3) is 6.08 Å². The van der Waals surface area contributed by atoms with E-state index in [0.717, 1.165) is 10.5 Å². The Bertz CT molecular complexity index is 377. The van der Waals surface area contributed by atoms with E-state index in [-0.39, 0.29) is 6.04 Å². The SMILES string of the molecule is CC(/C=C/c1ccccc1S)NC(N)=O. The van der Waals surface area contributed by atoms with Gasteiger partial charge < -0.3 is 11.1 Å². The Kier molecular flexibility index (Phi) is 4.24. The minimum Gasteiger partial charge on any atom is -0.352 e. The summed E-state index contributed by atoms with van der Waals surface area (Å²) in [4.78, 5) is 11.5. The highest BCUT2D eigenvalue weighted by molar-refractivity contribution is 7.80. The minimum absolute atomic E-state index is 0.0876. The third-order valence-corrected chi connectivity index (χ3v) is 2.28. The van der Waals surface area contributed by atoms with Crippen molar-refractivity contribution in [3.8, 4) is 0 Å². The fourth-order valence-electron chi connectivity index (χ4n) is 1.15. The van der Waals surface area contributed by atoms with E-state index in [1.165, 1.54) is 0 Å². The van der Waals surface area contributed by atoms with Crippen molar-refractivity contribution in [3.05, 3.63) is 35.9 Å². The van der Waals surface area contributed by atoms with Crippen LogP contribution in [0.4, 0.5) is 4.79 Å². The molecule has 3 nitrogen and oxygen atoms in total. The van der Waals surface area contributed by atoms with E-state index >= 15 is 0 Å². The molecule has 0 radical (unpaired) electrons. The Labute approximate surface area is 94.8 Å². The first-order chi connectivity index (χ1) is 7.09. The smallest absolute Gasteiger partial charge is 0.312 e. The summed E-state index contributed by atoms with van der Waals surface area (Å²) in [6, 6.07) is 7.11. The van der Waals surface area contributed by atoms with Crippen LogP contribution in [0.15, 0.2) is 35.2 Å². The maximum atomic E-state index is 10.6. The van der Waals surface area contributed by atoms with Gasteiger partial charge in [-0.15, -0.1) is 12.6 Å². The lowest BCUT2D eigenvalue weighted by molar-refractivity contribution is 0.247. The zero-order chi connectivity index (χ0) is 11.3. The molecule has 0 aromatic heterocycles. The number of amides is 2. The van der Waals surface area contributed by atoms with E-state index in [2.05, 4.69) is 17.9 Å². The van der Waals surface area contributed by atoms with E-state index in [0.29, 0.717) is 0 Å². The largest absolute Gasteiger partial charge is 0.352 e. The van der Waals surface area contributed by atoms with Crippen LogP contribution < -0.4 is 11.1 Å². The van der Waals surface area contributed by atoms with Crippen molar-refractivity contribution >= 4 is 24.7 Å². The molecule has 2 amide bonds. The highest BCUT2D eigenvalue weighted by Crippen LogP contribution is 2.14. The van der Waals surface area contributed by atoms with Gasteiger partial charge in [-0.25, -0.2) is 4.79 Å². The van der Waals surface area contributed by atoms with Gasteiger partial charge in [-0.3, -0.25) is 0 Å². The first-order valence-electron chi connectivity index (χ1n) is 4.62. The molecule has 1 aromatic carbocycles. The normalized spacial score (nSPS) is 12.7. The second kappa shape index (κ2) is 5.46. The van der Waals surface area contributed by atoms with Gasteiger partial charge in [0.05, 0.1) is 0 Å². The van der Waals surface area contributed by atoms with Gasteiger partial charge in [-0.2, -0.15) is 0 Å². The number of urea groups is 1. The fraction of sp³-hybridized carbons (Fsp3) is 0.182. The lowest BCUT2D eigenvalue weighted by atomic mass is 10.2. The highest BCUT2D eigenvalue weighted by Gasteiger charge is 1.98. The lowest BCUT2D eigenvalue weighted by Crippen LogP contribution is -2.35. The van der Waals surface area contributed by atoms with Gasteiger partial charge in [0.1, 0.15) is 0 Å². The molecule has 1 unspecified atom stereocenters. The molecule has 0 aliphatic rings. The predicted octanol–water partition coefficient (Wildman–Crippen LogP) is 2.05. The molecule has 0 fully saturated rings. The summed E-state index contributed by atoms with van der Waals surface area (Å²) in [5.74, 6) is 0. The number of carbonyl (C=O) groups excluding carboxylic acids is 1. The number of thiol groups is 1. The summed E-state index contributed by atoms with van der Waals surface area (Å²) >= 11 is 4.31. The van der Waals surface area contributed by atoms with Gasteiger partial charge in [0, 0.05) is 10.9 Å². The molecule has 0 aliphatic carbocycles. The highest BCUT2D eigenvalue weighted by atomic mass is 32.1. The van der Waals surface area contributed by atoms with Crippen molar-refractivity contribution in [1.82, 2.24) is 5.32 Å². The molecule has 0 aliphatic heterocycles. The molecule has 1 aromatic rings. The van der Waals surface area contributed by atoms with E-state index in [1.54, 1.807) is 0 Å². The van der Waals surface area contributed by atoms with Crippen LogP contribution in [0.5, 0.6) is 0 Å². The minimum atomic E-state index is -0.522. The van der Waals surface area contributed by atoms with Gasteiger partial charge in [0.2, 0.25) is 0 Å². The first kappa shape index (κ1) is 11.7. The standard InChI is InChI=1S/C11H14N2OS/c1-8(13-11(12)14)6-7-9-4-2-3-5-10(9)15/h2-8,15H,1H3,(H3,12,13,14)/b7-6+. The zero-order valence-electron chi connectivity index (χ0n) is 8.47. The number of rotatable bonds is 3. The summed E-state index contributed by atoms with van der Waals surface area (Å²) in [5, 5.41) is 2.56. The number of nitrogens with two attached hydrogens (primary N) is 1. The van der Waals surface area contributed by atoms with E-state index in [4.69, 9.17) is 5.73 Å². The maximum absolute atomic E-state index is 10.6. The summed E-state index contributed by atoms with van der Waals surface area (Å²) in [6.07, 6.45) is 3.77. The second-order valence-corrected chi connectivity index (χ2v) is 3.70. The monoisotopic (exact) mass is 222 g/mol. The van der Waals surface area contributed by atoms with Crippen LogP contribution >= 0.6 is 12.6 Å². The van der Waals surface area contributed by atoms with Crippen LogP contribution in [-0.2, 0) is 0 Å². The van der Waals surface area contributed by atoms with Crippen molar-refractivity contribution < 1.29 is 4.79 Å². The van der Waals surface area contributed by atoms with Gasteiger partial charge in [-0.05, 0) is 18.6 Å². The average molecular weight is 222 g/mol. The van der Waals surface area contributed by atoms with Gasteiger partial charge >= 0.3 is 6.03 Å². The Hall–Kier alpha value is -1.42. The van der Waals surface area contributed by atoms with Crippen LogP contribution in [0, 0.1) is 0 Å². The molecule has 0 saturated heterocycles. The summed E-state index contributed by atoms with van der Waals surface area (Å²) in [7, 11) is 0. The Morgan fingerprint density at radius 1 is 1.53 bits per heavy atom. The Morgan fingerprint density at radius 2 is 2.20 bits per heavy atom. The molecule has 4 heteroatoms. The Morgan fingerprint density at radius 3 is 2.80 bits per heavy atom. The topological polar surface area (TPSA) is 55.1 Å². The maximum Gasteiger partial charge on any atom is 0.312 e. The first-order valence-corrected chi connectivity index (χ1v) is 5.06. The van der Waals surface area contributed by atoms with Crippen LogP contribution in [0.2, 0.25) is 0 Å². The molecule has 80 valence electrons. The average Bonchev–Trinajstić information content (AvgIpc) is 2.15. The van der Waals surface area contributed by atoms with Crippen LogP contribution in [-0.4, -0.2) is 12.1 Å². The van der Waals surface area contributed by atoms with Crippen molar-refractivity contribution in [2.75, 3.05) is 0 Å². The molecule has 0 saturated carbocycles. The second-order valence-electron chi connectivity index (χ2n) is 3.22. The molecule has 1 atom stereocenters. The van der Waals surface area contributed by atoms with E-state index < -0.39 is 6.03 Å². The lowest BCUT2D eigenvalue weighted by Gasteiger charge is -2.06. The number of hydrogen-bond acceptors (Lipinski definition) is 2. The van der Waals surface area contributed by atoms with Crippen LogP contribution in [0.3, 0.4) is 0 Å². The zero-order valence-corrected chi connectivity index (χ0v) is 9.37. The van der Waals surface area contributed by atoms with Gasteiger partial charge in [0.15, 0.2) is 0 Å². The van der Waals surface area contributed by atoms with Crippen molar-refractivity contribution in [2.45, 2.75) is 17.9 Å². The Balaban J connectivity index is 2.65. The van der Waals surface area contributed by atoms with Crippen molar-refractivity contribution in [1.29, 1.82) is 0 Å². The number of carbonyl (C=O) groups is 1. The number of primary amides is 1. The quantitative estimate of drug-likeness (QED) is 0.673. The van der Waals surface area contributed by atoms with Crippen molar-refractivity contribution in [3.63, 3.8) is 0 Å². The molecular formula is C11H14N2OS. The van der Waals surface area contributed by atoms with Crippen molar-refractivity contribution in [2.24, 2.45) is 5.73 Å². The molecular weight excluding hydrogens is 208 g/mol. The third-order valence-electron chi connectivity index (χ3n) is 1.87. The predicted molar refractivity (Wildman–Crippen MR) is 64.9 cm³/mol. The molecule has 0 bridgehead atoms. The summed E-state index contributed by atoms with van der Waals surface area (Å²) in [6.45, 7) is 1.85. The molecule has 0 heterocycles. The molecule has 15 heavy (non-hydrogen) atoms. The fourth-order valence-corrected chi connectivity index (χ4v) is 1.38. The third kappa shape index (κ3) is 4.08. The number of benzene rings is 1. The summed E-state index contributed by atoms with van der Waals surface area (Å²) < 4.78 is 0. The van der Waals surface area contributed by atoms with E-state index in [9.17, 15) is 4.79 Å². The van der Waals surface area contributed by atoms with Crippen LogP contribution in [0.1, 0.15) is 12.5 Å². The number of nitrogens with one attached hydrogen (secondary N) is 1. The summed E-state index contributed by atoms with van der Waals surface area (Å²) in [5.41, 5.74) is 6.01. The molecule has 0 spiro atoms. The number of hydrogen-bond donors (Lipinski definition) is 3. The molecule has 1 rings (SSSR count). The molecule has 3 N–H and O–H groups in total. The van der Waals surface area contributed by atoms with E-state index in [1.807, 2.05) is 43.3 Å². The van der Waals surface area contributed by atoms with Gasteiger partial charge in [0.25, 0.3) is 0 Å².